The van der Waals surface area contributed by atoms with Crippen LogP contribution in [0.15, 0.2) is 28.7 Å². The summed E-state index contributed by atoms with van der Waals surface area (Å²) >= 11 is 3.55. The van der Waals surface area contributed by atoms with Gasteiger partial charge in [-0.05, 0) is 37.5 Å². The molecule has 1 aromatic carbocycles. The van der Waals surface area contributed by atoms with Crippen LogP contribution in [-0.4, -0.2) is 6.04 Å². The second-order valence-corrected chi connectivity index (χ2v) is 6.00. The summed E-state index contributed by atoms with van der Waals surface area (Å²) in [6.07, 6.45) is 6.39. The first-order valence-electron chi connectivity index (χ1n) is 7.18. The van der Waals surface area contributed by atoms with Crippen molar-refractivity contribution in [2.24, 2.45) is 0 Å². The molecule has 0 amide bonds. The van der Waals surface area contributed by atoms with E-state index in [9.17, 15) is 0 Å². The highest BCUT2D eigenvalue weighted by Gasteiger charge is 2.12. The molecule has 2 unspecified atom stereocenters. The molecule has 0 aliphatic heterocycles. The van der Waals surface area contributed by atoms with Crippen molar-refractivity contribution >= 4 is 15.9 Å². The standard InChI is InChI=1S/C16H26BrN/c1-4-6-7-9-13(3)18-16(5-2)14-10-8-11-15(17)12-14/h8,10-13,16,18H,4-7,9H2,1-3H3. The third kappa shape index (κ3) is 5.53. The van der Waals surface area contributed by atoms with E-state index in [0.29, 0.717) is 12.1 Å². The summed E-state index contributed by atoms with van der Waals surface area (Å²) in [4.78, 5) is 0. The lowest BCUT2D eigenvalue weighted by atomic mass is 10.0. The molecule has 0 aliphatic carbocycles. The van der Waals surface area contributed by atoms with Crippen molar-refractivity contribution in [1.29, 1.82) is 0 Å². The highest BCUT2D eigenvalue weighted by Crippen LogP contribution is 2.21. The zero-order chi connectivity index (χ0) is 13.4. The Bertz CT molecular complexity index is 338. The number of rotatable bonds is 8. The van der Waals surface area contributed by atoms with Crippen molar-refractivity contribution in [2.75, 3.05) is 0 Å². The molecule has 102 valence electrons. The molecule has 0 saturated heterocycles. The van der Waals surface area contributed by atoms with Crippen LogP contribution in [0.25, 0.3) is 0 Å². The van der Waals surface area contributed by atoms with Gasteiger partial charge in [-0.2, -0.15) is 0 Å². The minimum atomic E-state index is 0.471. The SMILES string of the molecule is CCCCCC(C)NC(CC)c1cccc(Br)c1. The van der Waals surface area contributed by atoms with Crippen LogP contribution in [0.2, 0.25) is 0 Å². The topological polar surface area (TPSA) is 12.0 Å². The maximum atomic E-state index is 3.75. The maximum Gasteiger partial charge on any atom is 0.0320 e. The van der Waals surface area contributed by atoms with Crippen molar-refractivity contribution in [3.8, 4) is 0 Å². The zero-order valence-corrected chi connectivity index (χ0v) is 13.5. The van der Waals surface area contributed by atoms with Crippen LogP contribution >= 0.6 is 15.9 Å². The van der Waals surface area contributed by atoms with Gasteiger partial charge in [0.15, 0.2) is 0 Å². The first-order chi connectivity index (χ1) is 8.67. The Morgan fingerprint density at radius 2 is 2.00 bits per heavy atom. The van der Waals surface area contributed by atoms with Gasteiger partial charge in [0.1, 0.15) is 0 Å². The quantitative estimate of drug-likeness (QED) is 0.629. The summed E-state index contributed by atoms with van der Waals surface area (Å²) in [5.41, 5.74) is 1.38. The van der Waals surface area contributed by atoms with Gasteiger partial charge in [-0.15, -0.1) is 0 Å². The molecule has 0 saturated carbocycles. The molecule has 0 bridgehead atoms. The number of nitrogens with one attached hydrogen (secondary N) is 1. The van der Waals surface area contributed by atoms with E-state index in [1.54, 1.807) is 0 Å². The van der Waals surface area contributed by atoms with E-state index < -0.39 is 0 Å². The Kier molecular flexibility index (Phi) is 7.60. The Hall–Kier alpha value is -0.340. The fourth-order valence-electron chi connectivity index (χ4n) is 2.30. The Morgan fingerprint density at radius 3 is 2.61 bits per heavy atom. The van der Waals surface area contributed by atoms with Crippen molar-refractivity contribution in [2.45, 2.75) is 65.0 Å². The van der Waals surface area contributed by atoms with E-state index in [0.717, 1.165) is 6.42 Å². The van der Waals surface area contributed by atoms with Crippen molar-refractivity contribution < 1.29 is 0 Å². The summed E-state index contributed by atoms with van der Waals surface area (Å²) in [5.74, 6) is 0. The molecule has 1 aromatic rings. The molecule has 0 aliphatic rings. The van der Waals surface area contributed by atoms with E-state index in [2.05, 4.69) is 66.3 Å². The fourth-order valence-corrected chi connectivity index (χ4v) is 2.72. The first-order valence-corrected chi connectivity index (χ1v) is 7.98. The van der Waals surface area contributed by atoms with Gasteiger partial charge < -0.3 is 5.32 Å². The van der Waals surface area contributed by atoms with Gasteiger partial charge in [-0.25, -0.2) is 0 Å². The van der Waals surface area contributed by atoms with Gasteiger partial charge in [-0.1, -0.05) is 61.2 Å². The maximum absolute atomic E-state index is 3.75. The molecule has 2 heteroatoms. The van der Waals surface area contributed by atoms with E-state index >= 15 is 0 Å². The van der Waals surface area contributed by atoms with E-state index in [1.165, 1.54) is 35.7 Å². The summed E-state index contributed by atoms with van der Waals surface area (Å²) in [6.45, 7) is 6.81. The first kappa shape index (κ1) is 15.7. The Labute approximate surface area is 120 Å². The lowest BCUT2D eigenvalue weighted by Gasteiger charge is -2.23. The van der Waals surface area contributed by atoms with Crippen LogP contribution in [-0.2, 0) is 0 Å². The second kappa shape index (κ2) is 8.71. The summed E-state index contributed by atoms with van der Waals surface area (Å²) in [5, 5.41) is 3.75. The van der Waals surface area contributed by atoms with Crippen LogP contribution < -0.4 is 5.32 Å². The minimum Gasteiger partial charge on any atom is -0.307 e. The van der Waals surface area contributed by atoms with Crippen LogP contribution in [0.4, 0.5) is 0 Å². The van der Waals surface area contributed by atoms with Gasteiger partial charge in [-0.3, -0.25) is 0 Å². The van der Waals surface area contributed by atoms with Crippen molar-refractivity contribution in [3.05, 3.63) is 34.3 Å². The van der Waals surface area contributed by atoms with E-state index in [4.69, 9.17) is 0 Å². The fraction of sp³-hybridized carbons (Fsp3) is 0.625. The molecule has 2 atom stereocenters. The zero-order valence-electron chi connectivity index (χ0n) is 11.9. The third-order valence-electron chi connectivity index (χ3n) is 3.39. The van der Waals surface area contributed by atoms with Crippen LogP contribution in [0.5, 0.6) is 0 Å². The molecule has 0 spiro atoms. The highest BCUT2D eigenvalue weighted by molar-refractivity contribution is 9.10. The van der Waals surface area contributed by atoms with Crippen LogP contribution in [0, 0.1) is 0 Å². The normalized spacial score (nSPS) is 14.4. The number of halogens is 1. The van der Waals surface area contributed by atoms with Gasteiger partial charge in [0.2, 0.25) is 0 Å². The summed E-state index contributed by atoms with van der Waals surface area (Å²) < 4.78 is 1.17. The van der Waals surface area contributed by atoms with E-state index in [-0.39, 0.29) is 0 Å². The Balaban J connectivity index is 2.51. The molecule has 1 N–H and O–H groups in total. The number of hydrogen-bond donors (Lipinski definition) is 1. The van der Waals surface area contributed by atoms with E-state index in [1.807, 2.05) is 0 Å². The second-order valence-electron chi connectivity index (χ2n) is 5.08. The van der Waals surface area contributed by atoms with Crippen LogP contribution in [0.3, 0.4) is 0 Å². The molecule has 1 rings (SSSR count). The highest BCUT2D eigenvalue weighted by atomic mass is 79.9. The molecule has 1 nitrogen and oxygen atoms in total. The molecule has 0 fully saturated rings. The number of hydrogen-bond acceptors (Lipinski definition) is 1. The van der Waals surface area contributed by atoms with Crippen molar-refractivity contribution in [1.82, 2.24) is 5.32 Å². The van der Waals surface area contributed by atoms with Gasteiger partial charge in [0, 0.05) is 16.6 Å². The molecule has 0 aromatic heterocycles. The molecular formula is C16H26BrN. The molecule has 18 heavy (non-hydrogen) atoms. The predicted octanol–water partition coefficient (Wildman–Crippen LogP) is 5.46. The molecular weight excluding hydrogens is 286 g/mol. The van der Waals surface area contributed by atoms with Gasteiger partial charge in [0.25, 0.3) is 0 Å². The lowest BCUT2D eigenvalue weighted by molar-refractivity contribution is 0.415. The average Bonchev–Trinajstić information content (AvgIpc) is 2.36. The summed E-state index contributed by atoms with van der Waals surface area (Å²) in [7, 11) is 0. The Morgan fingerprint density at radius 1 is 1.22 bits per heavy atom. The lowest BCUT2D eigenvalue weighted by Crippen LogP contribution is -2.30. The smallest absolute Gasteiger partial charge is 0.0320 e. The summed E-state index contributed by atoms with van der Waals surface area (Å²) in [6, 6.07) is 9.71. The third-order valence-corrected chi connectivity index (χ3v) is 3.88. The number of unbranched alkanes of at least 4 members (excludes halogenated alkanes) is 2. The largest absolute Gasteiger partial charge is 0.307 e. The minimum absolute atomic E-state index is 0.471. The monoisotopic (exact) mass is 311 g/mol. The molecule has 0 radical (unpaired) electrons. The van der Waals surface area contributed by atoms with Gasteiger partial charge in [0.05, 0.1) is 0 Å². The molecule has 0 heterocycles. The predicted molar refractivity (Wildman–Crippen MR) is 83.9 cm³/mol. The van der Waals surface area contributed by atoms with Gasteiger partial charge >= 0.3 is 0 Å². The average molecular weight is 312 g/mol. The van der Waals surface area contributed by atoms with Crippen LogP contribution in [0.1, 0.15) is 64.5 Å². The number of benzene rings is 1. The van der Waals surface area contributed by atoms with Crippen molar-refractivity contribution in [3.63, 3.8) is 0 Å².